The largest absolute Gasteiger partial charge is 0.335 e. The highest BCUT2D eigenvalue weighted by Crippen LogP contribution is 2.17. The Balaban J connectivity index is 1.80. The van der Waals surface area contributed by atoms with Crippen LogP contribution in [-0.2, 0) is 6.42 Å². The molecule has 2 amide bonds. The molecule has 1 fully saturated rings. The molecule has 1 atom stereocenters. The van der Waals surface area contributed by atoms with E-state index in [1.54, 1.807) is 0 Å². The Labute approximate surface area is 107 Å². The third-order valence-corrected chi connectivity index (χ3v) is 4.09. The fraction of sp³-hybridized carbons (Fsp3) is 0.615. The summed E-state index contributed by atoms with van der Waals surface area (Å²) in [5.74, 6) is 0. The first kappa shape index (κ1) is 12.4. The molecule has 1 aromatic rings. The zero-order valence-electron chi connectivity index (χ0n) is 10.5. The van der Waals surface area contributed by atoms with Gasteiger partial charge in [0.2, 0.25) is 0 Å². The number of rotatable bonds is 3. The van der Waals surface area contributed by atoms with Crippen LogP contribution in [0.4, 0.5) is 4.79 Å². The summed E-state index contributed by atoms with van der Waals surface area (Å²) in [6, 6.07) is 4.59. The number of likely N-dealkylation sites (tertiary alicyclic amines) is 1. The first-order valence-corrected chi connectivity index (χ1v) is 7.07. The second-order valence-electron chi connectivity index (χ2n) is 4.76. The van der Waals surface area contributed by atoms with Crippen molar-refractivity contribution >= 4 is 17.4 Å². The van der Waals surface area contributed by atoms with E-state index >= 15 is 0 Å². The SMILES string of the molecule is Cc1ccc(CC(C)NC(=O)N2CCCC2)s1. The first-order valence-electron chi connectivity index (χ1n) is 6.26. The van der Waals surface area contributed by atoms with Crippen LogP contribution in [0.1, 0.15) is 29.5 Å². The van der Waals surface area contributed by atoms with Crippen LogP contribution in [0.3, 0.4) is 0 Å². The minimum absolute atomic E-state index is 0.100. The van der Waals surface area contributed by atoms with E-state index in [1.165, 1.54) is 9.75 Å². The van der Waals surface area contributed by atoms with Crippen LogP contribution in [0.15, 0.2) is 12.1 Å². The Bertz CT molecular complexity index is 383. The van der Waals surface area contributed by atoms with Gasteiger partial charge in [0.05, 0.1) is 0 Å². The number of carbonyl (C=O) groups excluding carboxylic acids is 1. The normalized spacial score (nSPS) is 17.2. The van der Waals surface area contributed by atoms with Gasteiger partial charge in [-0.1, -0.05) is 0 Å². The van der Waals surface area contributed by atoms with E-state index in [2.05, 4.69) is 31.3 Å². The van der Waals surface area contributed by atoms with Crippen LogP contribution in [0.25, 0.3) is 0 Å². The average Bonchev–Trinajstić information content (AvgIpc) is 2.89. The molecule has 1 unspecified atom stereocenters. The van der Waals surface area contributed by atoms with E-state index in [0.717, 1.165) is 32.4 Å². The molecule has 17 heavy (non-hydrogen) atoms. The van der Waals surface area contributed by atoms with Gasteiger partial charge < -0.3 is 10.2 Å². The smallest absolute Gasteiger partial charge is 0.317 e. The van der Waals surface area contributed by atoms with Gasteiger partial charge in [-0.15, -0.1) is 11.3 Å². The third-order valence-electron chi connectivity index (χ3n) is 3.07. The maximum Gasteiger partial charge on any atom is 0.317 e. The minimum Gasteiger partial charge on any atom is -0.335 e. The Kier molecular flexibility index (Phi) is 4.05. The van der Waals surface area contributed by atoms with Gasteiger partial charge in [0.25, 0.3) is 0 Å². The molecule has 0 bridgehead atoms. The quantitative estimate of drug-likeness (QED) is 0.881. The van der Waals surface area contributed by atoms with E-state index < -0.39 is 0 Å². The van der Waals surface area contributed by atoms with Crippen LogP contribution < -0.4 is 5.32 Å². The van der Waals surface area contributed by atoms with Gasteiger partial charge in [0.1, 0.15) is 0 Å². The molecule has 2 rings (SSSR count). The number of nitrogens with zero attached hydrogens (tertiary/aromatic N) is 1. The fourth-order valence-corrected chi connectivity index (χ4v) is 3.19. The van der Waals surface area contributed by atoms with Crippen molar-refractivity contribution < 1.29 is 4.79 Å². The number of amides is 2. The van der Waals surface area contributed by atoms with Gasteiger partial charge in [-0.3, -0.25) is 0 Å². The minimum atomic E-state index is 0.100. The maximum atomic E-state index is 11.9. The van der Waals surface area contributed by atoms with E-state index in [4.69, 9.17) is 0 Å². The molecular weight excluding hydrogens is 232 g/mol. The van der Waals surface area contributed by atoms with Gasteiger partial charge in [-0.05, 0) is 38.8 Å². The number of carbonyl (C=O) groups is 1. The van der Waals surface area contributed by atoms with Gasteiger partial charge in [0.15, 0.2) is 0 Å². The Hall–Kier alpha value is -1.03. The van der Waals surface area contributed by atoms with Gasteiger partial charge in [0, 0.05) is 35.3 Å². The molecule has 0 aromatic carbocycles. The van der Waals surface area contributed by atoms with E-state index in [1.807, 2.05) is 16.2 Å². The lowest BCUT2D eigenvalue weighted by molar-refractivity contribution is 0.205. The van der Waals surface area contributed by atoms with Crippen molar-refractivity contribution in [3.8, 4) is 0 Å². The standard InChI is InChI=1S/C13H20N2OS/c1-10(9-12-6-5-11(2)17-12)14-13(16)15-7-3-4-8-15/h5-6,10H,3-4,7-9H2,1-2H3,(H,14,16). The number of hydrogen-bond donors (Lipinski definition) is 1. The highest BCUT2D eigenvalue weighted by Gasteiger charge is 2.19. The van der Waals surface area contributed by atoms with Crippen molar-refractivity contribution in [2.24, 2.45) is 0 Å². The topological polar surface area (TPSA) is 32.3 Å². The summed E-state index contributed by atoms with van der Waals surface area (Å²) in [7, 11) is 0. The van der Waals surface area contributed by atoms with Crippen molar-refractivity contribution in [2.75, 3.05) is 13.1 Å². The molecular formula is C13H20N2OS. The van der Waals surface area contributed by atoms with Crippen molar-refractivity contribution in [2.45, 2.75) is 39.2 Å². The van der Waals surface area contributed by atoms with E-state index in [9.17, 15) is 4.79 Å². The lowest BCUT2D eigenvalue weighted by Gasteiger charge is -2.20. The van der Waals surface area contributed by atoms with E-state index in [-0.39, 0.29) is 12.1 Å². The summed E-state index contributed by atoms with van der Waals surface area (Å²) >= 11 is 1.81. The highest BCUT2D eigenvalue weighted by molar-refractivity contribution is 7.11. The number of hydrogen-bond acceptors (Lipinski definition) is 2. The lowest BCUT2D eigenvalue weighted by atomic mass is 10.2. The third kappa shape index (κ3) is 3.46. The molecule has 1 saturated heterocycles. The van der Waals surface area contributed by atoms with Crippen LogP contribution >= 0.6 is 11.3 Å². The molecule has 3 nitrogen and oxygen atoms in total. The molecule has 2 heterocycles. The number of aryl methyl sites for hydroxylation is 1. The second-order valence-corrected chi connectivity index (χ2v) is 6.13. The molecule has 0 radical (unpaired) electrons. The van der Waals surface area contributed by atoms with Crippen LogP contribution in [0.5, 0.6) is 0 Å². The molecule has 4 heteroatoms. The molecule has 1 N–H and O–H groups in total. The lowest BCUT2D eigenvalue weighted by Crippen LogP contribution is -2.43. The predicted molar refractivity (Wildman–Crippen MR) is 71.6 cm³/mol. The molecule has 0 spiro atoms. The summed E-state index contributed by atoms with van der Waals surface area (Å²) in [4.78, 5) is 16.5. The molecule has 1 aliphatic heterocycles. The monoisotopic (exact) mass is 252 g/mol. The van der Waals surface area contributed by atoms with Crippen molar-refractivity contribution in [1.29, 1.82) is 0 Å². The number of urea groups is 1. The Morgan fingerprint density at radius 2 is 2.18 bits per heavy atom. The fourth-order valence-electron chi connectivity index (χ4n) is 2.17. The van der Waals surface area contributed by atoms with Crippen molar-refractivity contribution in [3.63, 3.8) is 0 Å². The number of thiophene rings is 1. The first-order chi connectivity index (χ1) is 8.15. The van der Waals surface area contributed by atoms with Crippen molar-refractivity contribution in [3.05, 3.63) is 21.9 Å². The zero-order valence-corrected chi connectivity index (χ0v) is 11.3. The van der Waals surface area contributed by atoms with Crippen molar-refractivity contribution in [1.82, 2.24) is 10.2 Å². The number of nitrogens with one attached hydrogen (secondary N) is 1. The van der Waals surface area contributed by atoms with Gasteiger partial charge in [-0.2, -0.15) is 0 Å². The molecule has 1 aliphatic rings. The van der Waals surface area contributed by atoms with Crippen LogP contribution in [-0.4, -0.2) is 30.1 Å². The summed E-state index contributed by atoms with van der Waals surface area (Å²) in [6.07, 6.45) is 3.22. The average molecular weight is 252 g/mol. The molecule has 1 aromatic heterocycles. The van der Waals surface area contributed by atoms with Crippen LogP contribution in [0, 0.1) is 6.92 Å². The molecule has 0 aliphatic carbocycles. The van der Waals surface area contributed by atoms with E-state index in [0.29, 0.717) is 0 Å². The maximum absolute atomic E-state index is 11.9. The molecule has 0 saturated carbocycles. The van der Waals surface area contributed by atoms with Gasteiger partial charge >= 0.3 is 6.03 Å². The Morgan fingerprint density at radius 1 is 1.47 bits per heavy atom. The van der Waals surface area contributed by atoms with Crippen LogP contribution in [0.2, 0.25) is 0 Å². The Morgan fingerprint density at radius 3 is 2.76 bits per heavy atom. The summed E-state index contributed by atoms with van der Waals surface area (Å²) < 4.78 is 0. The predicted octanol–water partition coefficient (Wildman–Crippen LogP) is 2.79. The summed E-state index contributed by atoms with van der Waals surface area (Å²) in [5, 5.41) is 3.07. The highest BCUT2D eigenvalue weighted by atomic mass is 32.1. The zero-order chi connectivity index (χ0) is 12.3. The second kappa shape index (κ2) is 5.54. The van der Waals surface area contributed by atoms with Gasteiger partial charge in [-0.25, -0.2) is 4.79 Å². The molecule has 94 valence electrons. The summed E-state index contributed by atoms with van der Waals surface area (Å²) in [5.41, 5.74) is 0. The summed E-state index contributed by atoms with van der Waals surface area (Å²) in [6.45, 7) is 6.01.